The molecule has 0 radical (unpaired) electrons. The summed E-state index contributed by atoms with van der Waals surface area (Å²) >= 11 is 0. The van der Waals surface area contributed by atoms with Gasteiger partial charge in [0.1, 0.15) is 17.3 Å². The molecule has 3 rings (SSSR count). The zero-order valence-electron chi connectivity index (χ0n) is 14.7. The smallest absolute Gasteiger partial charge is 0.275 e. The number of hydrogen-bond donors (Lipinski definition) is 1. The maximum absolute atomic E-state index is 12.4. The van der Waals surface area contributed by atoms with Crippen LogP contribution < -0.4 is 15.0 Å². The molecule has 6 nitrogen and oxygen atoms in total. The number of carbonyl (C=O) groups is 1. The Labute approximate surface area is 152 Å². The summed E-state index contributed by atoms with van der Waals surface area (Å²) in [7, 11) is 3.49. The molecule has 3 aromatic rings. The fraction of sp³-hybridized carbons (Fsp3) is 0.150. The van der Waals surface area contributed by atoms with Crippen LogP contribution in [-0.4, -0.2) is 30.0 Å². The van der Waals surface area contributed by atoms with Gasteiger partial charge in [-0.3, -0.25) is 4.79 Å². The van der Waals surface area contributed by atoms with Crippen LogP contribution in [0.15, 0.2) is 67.0 Å². The third-order valence-corrected chi connectivity index (χ3v) is 3.88. The number of anilines is 2. The van der Waals surface area contributed by atoms with E-state index in [9.17, 15) is 4.79 Å². The van der Waals surface area contributed by atoms with Gasteiger partial charge in [-0.05, 0) is 17.7 Å². The molecule has 0 unspecified atom stereocenters. The van der Waals surface area contributed by atoms with E-state index in [1.165, 1.54) is 11.8 Å². The molecule has 1 N–H and O–H groups in total. The van der Waals surface area contributed by atoms with Crippen molar-refractivity contribution in [2.24, 2.45) is 0 Å². The van der Waals surface area contributed by atoms with Crippen LogP contribution in [0.4, 0.5) is 11.5 Å². The van der Waals surface area contributed by atoms with Crippen molar-refractivity contribution < 1.29 is 9.53 Å². The predicted molar refractivity (Wildman–Crippen MR) is 102 cm³/mol. The molecule has 1 aromatic heterocycles. The van der Waals surface area contributed by atoms with E-state index in [1.807, 2.05) is 42.3 Å². The summed E-state index contributed by atoms with van der Waals surface area (Å²) in [5, 5.41) is 2.79. The molecule has 0 fully saturated rings. The number of benzene rings is 2. The zero-order valence-corrected chi connectivity index (χ0v) is 14.7. The number of amides is 1. The minimum atomic E-state index is -0.334. The van der Waals surface area contributed by atoms with E-state index < -0.39 is 0 Å². The Morgan fingerprint density at radius 2 is 1.77 bits per heavy atom. The van der Waals surface area contributed by atoms with Gasteiger partial charge in [-0.25, -0.2) is 9.97 Å². The Morgan fingerprint density at radius 3 is 2.46 bits per heavy atom. The number of aromatic nitrogens is 2. The van der Waals surface area contributed by atoms with Crippen molar-refractivity contribution >= 4 is 17.4 Å². The van der Waals surface area contributed by atoms with Crippen LogP contribution in [0.25, 0.3) is 0 Å². The Bertz CT molecular complexity index is 866. The Hall–Kier alpha value is -3.41. The number of para-hydroxylation sites is 2. The highest BCUT2D eigenvalue weighted by atomic mass is 16.5. The molecule has 0 aliphatic carbocycles. The van der Waals surface area contributed by atoms with Crippen LogP contribution in [0, 0.1) is 0 Å². The van der Waals surface area contributed by atoms with E-state index in [0.717, 1.165) is 0 Å². The van der Waals surface area contributed by atoms with Gasteiger partial charge in [0, 0.05) is 13.6 Å². The number of carbonyl (C=O) groups excluding carboxylic acids is 1. The molecule has 132 valence electrons. The molecule has 0 spiro atoms. The molecule has 6 heteroatoms. The van der Waals surface area contributed by atoms with Crippen molar-refractivity contribution in [3.05, 3.63) is 78.2 Å². The van der Waals surface area contributed by atoms with Gasteiger partial charge in [-0.15, -0.1) is 0 Å². The van der Waals surface area contributed by atoms with E-state index >= 15 is 0 Å². The molecule has 1 amide bonds. The summed E-state index contributed by atoms with van der Waals surface area (Å²) in [6.45, 7) is 0.711. The second-order valence-corrected chi connectivity index (χ2v) is 5.76. The lowest BCUT2D eigenvalue weighted by Crippen LogP contribution is -2.19. The monoisotopic (exact) mass is 348 g/mol. The number of hydrogen-bond acceptors (Lipinski definition) is 5. The van der Waals surface area contributed by atoms with Crippen molar-refractivity contribution in [3.63, 3.8) is 0 Å². The van der Waals surface area contributed by atoms with Crippen LogP contribution in [0.3, 0.4) is 0 Å². The maximum Gasteiger partial charge on any atom is 0.275 e. The topological polar surface area (TPSA) is 67.3 Å². The molecule has 0 saturated carbocycles. The minimum absolute atomic E-state index is 0.243. The molecule has 0 aliphatic heterocycles. The summed E-state index contributed by atoms with van der Waals surface area (Å²) in [4.78, 5) is 22.9. The normalized spacial score (nSPS) is 10.2. The standard InChI is InChI=1S/C20H20N4O2/c1-24(14-15-8-4-3-5-9-15)19-13-21-17(12-22-19)20(25)23-16-10-6-7-11-18(16)26-2/h3-13H,14H2,1-2H3,(H,23,25). The minimum Gasteiger partial charge on any atom is -0.495 e. The van der Waals surface area contributed by atoms with Crippen molar-refractivity contribution in [3.8, 4) is 5.75 Å². The van der Waals surface area contributed by atoms with E-state index in [4.69, 9.17) is 4.74 Å². The number of nitrogens with one attached hydrogen (secondary N) is 1. The first-order valence-electron chi connectivity index (χ1n) is 8.19. The van der Waals surface area contributed by atoms with Crippen LogP contribution in [0.1, 0.15) is 16.1 Å². The molecule has 0 bridgehead atoms. The SMILES string of the molecule is COc1ccccc1NC(=O)c1cnc(N(C)Cc2ccccc2)cn1. The van der Waals surface area contributed by atoms with Crippen molar-refractivity contribution in [2.45, 2.75) is 6.54 Å². The molecule has 1 heterocycles. The zero-order chi connectivity index (χ0) is 18.4. The molecular formula is C20H20N4O2. The van der Waals surface area contributed by atoms with Crippen LogP contribution >= 0.6 is 0 Å². The highest BCUT2D eigenvalue weighted by molar-refractivity contribution is 6.03. The number of rotatable bonds is 6. The largest absolute Gasteiger partial charge is 0.495 e. The predicted octanol–water partition coefficient (Wildman–Crippen LogP) is 3.37. The maximum atomic E-state index is 12.4. The van der Waals surface area contributed by atoms with Crippen molar-refractivity contribution in [1.29, 1.82) is 0 Å². The Balaban J connectivity index is 1.68. The first-order valence-corrected chi connectivity index (χ1v) is 8.19. The van der Waals surface area contributed by atoms with Gasteiger partial charge in [0.2, 0.25) is 0 Å². The van der Waals surface area contributed by atoms with Gasteiger partial charge < -0.3 is 15.0 Å². The van der Waals surface area contributed by atoms with Gasteiger partial charge in [-0.2, -0.15) is 0 Å². The molecule has 26 heavy (non-hydrogen) atoms. The summed E-state index contributed by atoms with van der Waals surface area (Å²) in [5.41, 5.74) is 2.01. The first-order chi connectivity index (χ1) is 12.7. The van der Waals surface area contributed by atoms with E-state index in [2.05, 4.69) is 27.4 Å². The summed E-state index contributed by atoms with van der Waals surface area (Å²) in [6, 6.07) is 17.3. The van der Waals surface area contributed by atoms with Gasteiger partial charge in [0.25, 0.3) is 5.91 Å². The summed E-state index contributed by atoms with van der Waals surface area (Å²) in [5.74, 6) is 0.954. The highest BCUT2D eigenvalue weighted by Crippen LogP contribution is 2.23. The number of ether oxygens (including phenoxy) is 1. The summed E-state index contributed by atoms with van der Waals surface area (Å²) < 4.78 is 5.23. The molecule has 2 aromatic carbocycles. The Morgan fingerprint density at radius 1 is 1.04 bits per heavy atom. The number of methoxy groups -OCH3 is 1. The van der Waals surface area contributed by atoms with Crippen LogP contribution in [-0.2, 0) is 6.54 Å². The molecule has 0 atom stereocenters. The third-order valence-electron chi connectivity index (χ3n) is 3.88. The lowest BCUT2D eigenvalue weighted by atomic mass is 10.2. The van der Waals surface area contributed by atoms with Gasteiger partial charge in [0.05, 0.1) is 25.2 Å². The van der Waals surface area contributed by atoms with E-state index in [0.29, 0.717) is 23.8 Å². The molecule has 0 saturated heterocycles. The molecular weight excluding hydrogens is 328 g/mol. The van der Waals surface area contributed by atoms with Gasteiger partial charge in [-0.1, -0.05) is 42.5 Å². The fourth-order valence-electron chi connectivity index (χ4n) is 2.51. The first kappa shape index (κ1) is 17.4. The fourth-order valence-corrected chi connectivity index (χ4v) is 2.51. The van der Waals surface area contributed by atoms with Crippen molar-refractivity contribution in [1.82, 2.24) is 9.97 Å². The third kappa shape index (κ3) is 4.16. The number of nitrogens with zero attached hydrogens (tertiary/aromatic N) is 3. The van der Waals surface area contributed by atoms with E-state index in [1.54, 1.807) is 25.4 Å². The Kier molecular flexibility index (Phi) is 5.43. The van der Waals surface area contributed by atoms with Crippen molar-refractivity contribution in [2.75, 3.05) is 24.4 Å². The van der Waals surface area contributed by atoms with Crippen LogP contribution in [0.5, 0.6) is 5.75 Å². The average molecular weight is 348 g/mol. The molecule has 0 aliphatic rings. The highest BCUT2D eigenvalue weighted by Gasteiger charge is 2.12. The second kappa shape index (κ2) is 8.11. The van der Waals surface area contributed by atoms with Crippen LogP contribution in [0.2, 0.25) is 0 Å². The average Bonchev–Trinajstić information content (AvgIpc) is 2.69. The lowest BCUT2D eigenvalue weighted by molar-refractivity contribution is 0.102. The van der Waals surface area contributed by atoms with Gasteiger partial charge in [0.15, 0.2) is 0 Å². The second-order valence-electron chi connectivity index (χ2n) is 5.76. The quantitative estimate of drug-likeness (QED) is 0.740. The summed E-state index contributed by atoms with van der Waals surface area (Å²) in [6.07, 6.45) is 3.07. The van der Waals surface area contributed by atoms with E-state index in [-0.39, 0.29) is 11.6 Å². The van der Waals surface area contributed by atoms with Gasteiger partial charge >= 0.3 is 0 Å². The lowest BCUT2D eigenvalue weighted by Gasteiger charge is -2.18.